The summed E-state index contributed by atoms with van der Waals surface area (Å²) in [6.07, 6.45) is 1.47. The number of benzene rings is 1. The Hall–Kier alpha value is -1.85. The molecule has 0 saturated carbocycles. The van der Waals surface area contributed by atoms with E-state index in [1.54, 1.807) is 12.1 Å². The van der Waals surface area contributed by atoms with Crippen LogP contribution < -0.4 is 16.1 Å². The monoisotopic (exact) mass is 263 g/mol. The lowest BCUT2D eigenvalue weighted by Gasteiger charge is -2.09. The first kappa shape index (κ1) is 13.6. The van der Waals surface area contributed by atoms with Crippen molar-refractivity contribution >= 4 is 11.0 Å². The Morgan fingerprint density at radius 2 is 2.11 bits per heavy atom. The normalized spacial score (nSPS) is 12.5. The Labute approximate surface area is 110 Å². The Balaban J connectivity index is 1.95. The molecule has 1 heterocycles. The van der Waals surface area contributed by atoms with Crippen molar-refractivity contribution in [3.63, 3.8) is 0 Å². The molecule has 102 valence electrons. The second-order valence-electron chi connectivity index (χ2n) is 4.39. The predicted octanol–water partition coefficient (Wildman–Crippen LogP) is 1.27. The number of ether oxygens (including phenoxy) is 1. The smallest absolute Gasteiger partial charge is 0.336 e. The summed E-state index contributed by atoms with van der Waals surface area (Å²) in [4.78, 5) is 11.1. The Kier molecular flexibility index (Phi) is 4.54. The third kappa shape index (κ3) is 3.81. The number of hydrogen-bond acceptors (Lipinski definition) is 5. The van der Waals surface area contributed by atoms with Crippen molar-refractivity contribution in [2.75, 3.05) is 13.2 Å². The van der Waals surface area contributed by atoms with Crippen LogP contribution in [0.3, 0.4) is 0 Å². The number of aliphatic hydroxyl groups is 1. The van der Waals surface area contributed by atoms with Crippen molar-refractivity contribution in [1.82, 2.24) is 0 Å². The van der Waals surface area contributed by atoms with Crippen LogP contribution in [0.1, 0.15) is 12.8 Å². The summed E-state index contributed by atoms with van der Waals surface area (Å²) in [6.45, 7) is 0.497. The van der Waals surface area contributed by atoms with Gasteiger partial charge in [0.2, 0.25) is 0 Å². The summed E-state index contributed by atoms with van der Waals surface area (Å²) in [6, 6.07) is 8.27. The molecule has 1 aromatic carbocycles. The van der Waals surface area contributed by atoms with Crippen molar-refractivity contribution in [2.45, 2.75) is 18.9 Å². The molecule has 0 bridgehead atoms. The molecule has 0 aliphatic heterocycles. The minimum atomic E-state index is -0.376. The zero-order chi connectivity index (χ0) is 13.7. The lowest BCUT2D eigenvalue weighted by atomic mass is 10.2. The maximum absolute atomic E-state index is 11.1. The molecule has 1 aromatic heterocycles. The fraction of sp³-hybridized carbons (Fsp3) is 0.357. The maximum Gasteiger partial charge on any atom is 0.336 e. The van der Waals surface area contributed by atoms with Gasteiger partial charge in [-0.25, -0.2) is 4.79 Å². The standard InChI is InChI=1S/C14H17NO4/c15-11(9-16)2-1-7-18-12-5-3-10-4-6-14(17)19-13(10)8-12/h3-6,8,11,16H,1-2,7,9,15H2/t11-/m1/s1. The molecule has 2 rings (SSSR count). The molecule has 0 amide bonds. The SMILES string of the molecule is N[C@@H](CO)CCCOc1ccc2ccc(=O)oc2c1. The van der Waals surface area contributed by atoms with E-state index in [4.69, 9.17) is 20.0 Å². The minimum Gasteiger partial charge on any atom is -0.493 e. The molecule has 0 spiro atoms. The molecule has 5 heteroatoms. The molecule has 0 radical (unpaired) electrons. The van der Waals surface area contributed by atoms with Crippen LogP contribution in [0.2, 0.25) is 0 Å². The van der Waals surface area contributed by atoms with E-state index < -0.39 is 0 Å². The van der Waals surface area contributed by atoms with Crippen LogP contribution >= 0.6 is 0 Å². The van der Waals surface area contributed by atoms with E-state index in [2.05, 4.69) is 0 Å². The average molecular weight is 263 g/mol. The first-order chi connectivity index (χ1) is 9.19. The van der Waals surface area contributed by atoms with Gasteiger partial charge >= 0.3 is 5.63 Å². The van der Waals surface area contributed by atoms with Crippen LogP contribution in [0, 0.1) is 0 Å². The molecule has 0 fully saturated rings. The van der Waals surface area contributed by atoms with E-state index in [9.17, 15) is 4.79 Å². The molecule has 19 heavy (non-hydrogen) atoms. The van der Waals surface area contributed by atoms with Gasteiger partial charge in [-0.15, -0.1) is 0 Å². The van der Waals surface area contributed by atoms with Gasteiger partial charge in [-0.05, 0) is 31.0 Å². The third-order valence-corrected chi connectivity index (χ3v) is 2.82. The van der Waals surface area contributed by atoms with Gasteiger partial charge in [0.25, 0.3) is 0 Å². The molecule has 0 unspecified atom stereocenters. The summed E-state index contributed by atoms with van der Waals surface area (Å²) in [5, 5.41) is 9.64. The number of hydrogen-bond donors (Lipinski definition) is 2. The fourth-order valence-electron chi connectivity index (χ4n) is 1.76. The first-order valence-electron chi connectivity index (χ1n) is 6.22. The summed E-state index contributed by atoms with van der Waals surface area (Å²) in [7, 11) is 0. The second kappa shape index (κ2) is 6.36. The quantitative estimate of drug-likeness (QED) is 0.605. The molecular formula is C14H17NO4. The Morgan fingerprint density at radius 3 is 2.89 bits per heavy atom. The van der Waals surface area contributed by atoms with Crippen LogP contribution in [0.25, 0.3) is 11.0 Å². The highest BCUT2D eigenvalue weighted by Gasteiger charge is 2.02. The number of fused-ring (bicyclic) bond motifs is 1. The van der Waals surface area contributed by atoms with E-state index >= 15 is 0 Å². The van der Waals surface area contributed by atoms with Gasteiger partial charge in [-0.3, -0.25) is 0 Å². The van der Waals surface area contributed by atoms with Crippen LogP contribution in [0.5, 0.6) is 5.75 Å². The summed E-state index contributed by atoms with van der Waals surface area (Å²) in [5.41, 5.74) is 5.72. The van der Waals surface area contributed by atoms with E-state index in [1.807, 2.05) is 12.1 Å². The number of aliphatic hydroxyl groups excluding tert-OH is 1. The topological polar surface area (TPSA) is 85.7 Å². The lowest BCUT2D eigenvalue weighted by molar-refractivity contribution is 0.244. The van der Waals surface area contributed by atoms with Crippen molar-refractivity contribution in [3.8, 4) is 5.75 Å². The van der Waals surface area contributed by atoms with Crippen LogP contribution in [0.4, 0.5) is 0 Å². The fourth-order valence-corrected chi connectivity index (χ4v) is 1.76. The largest absolute Gasteiger partial charge is 0.493 e. The highest BCUT2D eigenvalue weighted by molar-refractivity contribution is 5.77. The van der Waals surface area contributed by atoms with E-state index in [1.165, 1.54) is 6.07 Å². The molecule has 2 aromatic rings. The van der Waals surface area contributed by atoms with Crippen molar-refractivity contribution in [3.05, 3.63) is 40.8 Å². The third-order valence-electron chi connectivity index (χ3n) is 2.82. The second-order valence-corrected chi connectivity index (χ2v) is 4.39. The summed E-state index contributed by atoms with van der Waals surface area (Å²) >= 11 is 0. The van der Waals surface area contributed by atoms with Crippen molar-refractivity contribution in [1.29, 1.82) is 0 Å². The highest BCUT2D eigenvalue weighted by Crippen LogP contribution is 2.19. The average Bonchev–Trinajstić information content (AvgIpc) is 2.42. The van der Waals surface area contributed by atoms with Crippen LogP contribution in [0.15, 0.2) is 39.5 Å². The van der Waals surface area contributed by atoms with Crippen LogP contribution in [-0.4, -0.2) is 24.4 Å². The Morgan fingerprint density at radius 1 is 1.32 bits per heavy atom. The van der Waals surface area contributed by atoms with Gasteiger partial charge in [-0.2, -0.15) is 0 Å². The molecular weight excluding hydrogens is 246 g/mol. The first-order valence-corrected chi connectivity index (χ1v) is 6.22. The van der Waals surface area contributed by atoms with Crippen LogP contribution in [-0.2, 0) is 0 Å². The van der Waals surface area contributed by atoms with Gasteiger partial charge in [0.15, 0.2) is 0 Å². The van der Waals surface area contributed by atoms with E-state index in [-0.39, 0.29) is 18.3 Å². The minimum absolute atomic E-state index is 0.0128. The Bertz CT molecular complexity index is 593. The number of nitrogens with two attached hydrogens (primary N) is 1. The van der Waals surface area contributed by atoms with Gasteiger partial charge < -0.3 is 20.0 Å². The molecule has 0 saturated heterocycles. The van der Waals surface area contributed by atoms with Gasteiger partial charge in [0.05, 0.1) is 13.2 Å². The van der Waals surface area contributed by atoms with Crippen molar-refractivity contribution < 1.29 is 14.3 Å². The van der Waals surface area contributed by atoms with E-state index in [0.717, 1.165) is 11.8 Å². The summed E-state index contributed by atoms with van der Waals surface area (Å²) in [5.74, 6) is 0.652. The molecule has 3 N–H and O–H groups in total. The van der Waals surface area contributed by atoms with Gasteiger partial charge in [0.1, 0.15) is 11.3 Å². The predicted molar refractivity (Wildman–Crippen MR) is 72.3 cm³/mol. The maximum atomic E-state index is 11.1. The van der Waals surface area contributed by atoms with Crippen molar-refractivity contribution in [2.24, 2.45) is 5.73 Å². The summed E-state index contributed by atoms with van der Waals surface area (Å²) < 4.78 is 10.6. The lowest BCUT2D eigenvalue weighted by Crippen LogP contribution is -2.24. The highest BCUT2D eigenvalue weighted by atomic mass is 16.5. The molecule has 5 nitrogen and oxygen atoms in total. The van der Waals surface area contributed by atoms with E-state index in [0.29, 0.717) is 24.4 Å². The van der Waals surface area contributed by atoms with Gasteiger partial charge in [-0.1, -0.05) is 0 Å². The zero-order valence-corrected chi connectivity index (χ0v) is 10.5. The van der Waals surface area contributed by atoms with Gasteiger partial charge in [0, 0.05) is 23.6 Å². The molecule has 0 aliphatic carbocycles. The molecule has 1 atom stereocenters. The zero-order valence-electron chi connectivity index (χ0n) is 10.5. The number of rotatable bonds is 6. The molecule has 0 aliphatic rings.